The third-order valence-corrected chi connectivity index (χ3v) is 3.94. The molecule has 5 nitrogen and oxygen atoms in total. The maximum absolute atomic E-state index is 12.1. The van der Waals surface area contributed by atoms with Gasteiger partial charge < -0.3 is 4.84 Å². The summed E-state index contributed by atoms with van der Waals surface area (Å²) in [5.41, 5.74) is -0.607. The second kappa shape index (κ2) is 6.12. The van der Waals surface area contributed by atoms with Crippen molar-refractivity contribution in [1.82, 2.24) is 9.96 Å². The van der Waals surface area contributed by atoms with Crippen molar-refractivity contribution < 1.29 is 14.4 Å². The molecule has 1 fully saturated rings. The summed E-state index contributed by atoms with van der Waals surface area (Å²) in [7, 11) is 1.64. The summed E-state index contributed by atoms with van der Waals surface area (Å²) in [6.45, 7) is 15.1. The van der Waals surface area contributed by atoms with Crippen LogP contribution in [-0.4, -0.2) is 46.0 Å². The number of hydrogen-bond acceptors (Lipinski definition) is 4. The number of hydroxylamine groups is 2. The Balaban J connectivity index is 3.18. The monoisotopic (exact) mass is 294 g/mol. The van der Waals surface area contributed by atoms with Gasteiger partial charge in [-0.2, -0.15) is 5.06 Å². The molecule has 0 atom stereocenters. The number of rotatable bonds is 4. The molecule has 1 aliphatic heterocycles. The fraction of sp³-hybridized carbons (Fsp3) is 0.625. The first-order valence-electron chi connectivity index (χ1n) is 7.07. The van der Waals surface area contributed by atoms with E-state index in [1.54, 1.807) is 7.11 Å². The molecular weight excluding hydrogens is 268 g/mol. The quantitative estimate of drug-likeness (QED) is 0.747. The standard InChI is InChI=1S/C16H26N2O3/c1-8-13(19)17(14(20)9-2)12-10-15(3,4)18(21-7)16(5,6)11-12/h8-9,12H,1-2,10-11H2,3-7H3. The minimum Gasteiger partial charge on any atom is -0.301 e. The molecule has 0 aromatic rings. The van der Waals surface area contributed by atoms with Gasteiger partial charge in [-0.15, -0.1) is 0 Å². The molecule has 5 heteroatoms. The number of carbonyl (C=O) groups excluding carboxylic acids is 2. The number of piperidine rings is 1. The molecule has 0 aliphatic carbocycles. The minimum atomic E-state index is -0.387. The Morgan fingerprint density at radius 1 is 1.10 bits per heavy atom. The van der Waals surface area contributed by atoms with Crippen molar-refractivity contribution in [3.8, 4) is 0 Å². The molecule has 1 rings (SSSR count). The van der Waals surface area contributed by atoms with Crippen LogP contribution in [0.1, 0.15) is 40.5 Å². The van der Waals surface area contributed by atoms with Gasteiger partial charge in [-0.1, -0.05) is 13.2 Å². The zero-order chi connectivity index (χ0) is 16.4. The van der Waals surface area contributed by atoms with Gasteiger partial charge in [0.05, 0.1) is 7.11 Å². The van der Waals surface area contributed by atoms with Gasteiger partial charge in [0.1, 0.15) is 0 Å². The fourth-order valence-corrected chi connectivity index (χ4v) is 3.55. The maximum atomic E-state index is 12.1. The molecule has 1 heterocycles. The van der Waals surface area contributed by atoms with Crippen LogP contribution in [0.5, 0.6) is 0 Å². The lowest BCUT2D eigenvalue weighted by Gasteiger charge is -2.54. The molecule has 0 bridgehead atoms. The molecule has 0 spiro atoms. The van der Waals surface area contributed by atoms with Crippen molar-refractivity contribution in [2.45, 2.75) is 57.7 Å². The number of hydrogen-bond donors (Lipinski definition) is 0. The summed E-state index contributed by atoms with van der Waals surface area (Å²) < 4.78 is 0. The smallest absolute Gasteiger partial charge is 0.253 e. The van der Waals surface area contributed by atoms with Gasteiger partial charge in [0, 0.05) is 17.1 Å². The van der Waals surface area contributed by atoms with Crippen molar-refractivity contribution in [3.05, 3.63) is 25.3 Å². The Labute approximate surface area is 127 Å². The summed E-state index contributed by atoms with van der Waals surface area (Å²) in [6.07, 6.45) is 3.60. The number of nitrogens with zero attached hydrogens (tertiary/aromatic N) is 2. The predicted molar refractivity (Wildman–Crippen MR) is 82.3 cm³/mol. The van der Waals surface area contributed by atoms with E-state index in [4.69, 9.17) is 4.84 Å². The van der Waals surface area contributed by atoms with Crippen LogP contribution >= 0.6 is 0 Å². The largest absolute Gasteiger partial charge is 0.301 e. The van der Waals surface area contributed by atoms with Gasteiger partial charge in [-0.3, -0.25) is 14.5 Å². The molecule has 1 aliphatic rings. The van der Waals surface area contributed by atoms with Crippen LogP contribution in [0.4, 0.5) is 0 Å². The Hall–Kier alpha value is -1.46. The average molecular weight is 294 g/mol. The normalized spacial score (nSPS) is 21.6. The highest BCUT2D eigenvalue weighted by atomic mass is 16.7. The molecule has 0 radical (unpaired) electrons. The third-order valence-electron chi connectivity index (χ3n) is 3.94. The highest BCUT2D eigenvalue weighted by Crippen LogP contribution is 2.40. The first kappa shape index (κ1) is 17.6. The van der Waals surface area contributed by atoms with E-state index in [9.17, 15) is 9.59 Å². The first-order valence-corrected chi connectivity index (χ1v) is 7.07. The van der Waals surface area contributed by atoms with Gasteiger partial charge in [0.2, 0.25) is 0 Å². The third kappa shape index (κ3) is 3.41. The van der Waals surface area contributed by atoms with Gasteiger partial charge in [0.15, 0.2) is 0 Å². The number of carbonyl (C=O) groups is 2. The van der Waals surface area contributed by atoms with E-state index in [2.05, 4.69) is 13.2 Å². The van der Waals surface area contributed by atoms with Crippen LogP contribution in [0, 0.1) is 0 Å². The van der Waals surface area contributed by atoms with Crippen LogP contribution in [-0.2, 0) is 14.4 Å². The summed E-state index contributed by atoms with van der Waals surface area (Å²) >= 11 is 0. The molecular formula is C16H26N2O3. The molecule has 0 aromatic heterocycles. The minimum absolute atomic E-state index is 0.211. The highest BCUT2D eigenvalue weighted by Gasteiger charge is 2.48. The number of amides is 2. The van der Waals surface area contributed by atoms with E-state index in [1.165, 1.54) is 17.1 Å². The van der Waals surface area contributed by atoms with Crippen molar-refractivity contribution in [1.29, 1.82) is 0 Å². The molecule has 0 N–H and O–H groups in total. The van der Waals surface area contributed by atoms with Gasteiger partial charge in [-0.25, -0.2) is 0 Å². The first-order chi connectivity index (χ1) is 9.60. The zero-order valence-electron chi connectivity index (χ0n) is 13.7. The van der Waals surface area contributed by atoms with E-state index < -0.39 is 0 Å². The van der Waals surface area contributed by atoms with Crippen LogP contribution < -0.4 is 0 Å². The second-order valence-corrected chi connectivity index (χ2v) is 6.62. The maximum Gasteiger partial charge on any atom is 0.253 e. The summed E-state index contributed by atoms with van der Waals surface area (Å²) in [4.78, 5) is 30.9. The van der Waals surface area contributed by atoms with Crippen LogP contribution in [0.25, 0.3) is 0 Å². The summed E-state index contributed by atoms with van der Waals surface area (Å²) in [5, 5.41) is 1.94. The topological polar surface area (TPSA) is 49.9 Å². The van der Waals surface area contributed by atoms with Crippen LogP contribution in [0.2, 0.25) is 0 Å². The fourth-order valence-electron chi connectivity index (χ4n) is 3.55. The molecule has 1 saturated heterocycles. The van der Waals surface area contributed by atoms with E-state index in [1.807, 2.05) is 32.8 Å². The van der Waals surface area contributed by atoms with Crippen molar-refractivity contribution in [3.63, 3.8) is 0 Å². The molecule has 0 unspecified atom stereocenters. The van der Waals surface area contributed by atoms with E-state index in [0.29, 0.717) is 12.8 Å². The molecule has 0 aromatic carbocycles. The predicted octanol–water partition coefficient (Wildman–Crippen LogP) is 2.30. The SMILES string of the molecule is C=CC(=O)N(C(=O)C=C)C1CC(C)(C)N(OC)C(C)(C)C1. The van der Waals surface area contributed by atoms with E-state index in [-0.39, 0.29) is 28.9 Å². The Kier molecular flexibility index (Phi) is 5.12. The lowest BCUT2D eigenvalue weighted by atomic mass is 9.78. The lowest BCUT2D eigenvalue weighted by Crippen LogP contribution is -2.64. The van der Waals surface area contributed by atoms with Gasteiger partial charge >= 0.3 is 0 Å². The van der Waals surface area contributed by atoms with Crippen LogP contribution in [0.3, 0.4) is 0 Å². The molecule has 21 heavy (non-hydrogen) atoms. The van der Waals surface area contributed by atoms with Gasteiger partial charge in [-0.05, 0) is 52.7 Å². The second-order valence-electron chi connectivity index (χ2n) is 6.62. The lowest BCUT2D eigenvalue weighted by molar-refractivity contribution is -0.270. The summed E-state index contributed by atoms with van der Waals surface area (Å²) in [5.74, 6) is -0.773. The highest BCUT2D eigenvalue weighted by molar-refractivity contribution is 6.05. The molecule has 118 valence electrons. The molecule has 2 amide bonds. The average Bonchev–Trinajstić information content (AvgIpc) is 2.36. The van der Waals surface area contributed by atoms with Gasteiger partial charge in [0.25, 0.3) is 11.8 Å². The Morgan fingerprint density at radius 3 is 1.76 bits per heavy atom. The van der Waals surface area contributed by atoms with Crippen molar-refractivity contribution in [2.24, 2.45) is 0 Å². The molecule has 0 saturated carbocycles. The van der Waals surface area contributed by atoms with Crippen LogP contribution in [0.15, 0.2) is 25.3 Å². The van der Waals surface area contributed by atoms with E-state index >= 15 is 0 Å². The zero-order valence-corrected chi connectivity index (χ0v) is 13.7. The summed E-state index contributed by atoms with van der Waals surface area (Å²) in [6, 6.07) is -0.211. The Morgan fingerprint density at radius 2 is 1.48 bits per heavy atom. The number of imide groups is 1. The van der Waals surface area contributed by atoms with E-state index in [0.717, 1.165) is 0 Å². The van der Waals surface area contributed by atoms with Crippen molar-refractivity contribution >= 4 is 11.8 Å². The Bertz CT molecular complexity index is 416. The van der Waals surface area contributed by atoms with Crippen molar-refractivity contribution in [2.75, 3.05) is 7.11 Å².